The van der Waals surface area contributed by atoms with Gasteiger partial charge in [0.25, 0.3) is 11.1 Å². The molecule has 166 valence electrons. The normalized spacial score (nSPS) is 18.6. The maximum atomic E-state index is 12.8. The molecule has 0 aliphatic carbocycles. The molecule has 31 heavy (non-hydrogen) atoms. The molecule has 7 nitrogen and oxygen atoms in total. The third-order valence-corrected chi connectivity index (χ3v) is 6.13. The summed E-state index contributed by atoms with van der Waals surface area (Å²) in [5, 5.41) is -0.425. The number of hydrogen-bond acceptors (Lipinski definition) is 6. The summed E-state index contributed by atoms with van der Waals surface area (Å²) in [5.74, 6) is 1.09. The minimum absolute atomic E-state index is 0.183. The largest absolute Gasteiger partial charge is 0.490 e. The van der Waals surface area contributed by atoms with Crippen molar-refractivity contribution in [1.29, 1.82) is 0 Å². The predicted octanol–water partition coefficient (Wildman–Crippen LogP) is 3.94. The van der Waals surface area contributed by atoms with E-state index in [9.17, 15) is 14.4 Å². The lowest BCUT2D eigenvalue weighted by Crippen LogP contribution is -2.45. The summed E-state index contributed by atoms with van der Waals surface area (Å²) >= 11 is 0.845. The molecule has 2 fully saturated rings. The van der Waals surface area contributed by atoms with Gasteiger partial charge in [0.2, 0.25) is 5.91 Å². The molecule has 8 heteroatoms. The van der Waals surface area contributed by atoms with Gasteiger partial charge in [0.15, 0.2) is 11.5 Å². The molecule has 2 aliphatic heterocycles. The van der Waals surface area contributed by atoms with E-state index in [1.807, 2.05) is 6.92 Å². The Hall–Kier alpha value is -2.74. The summed E-state index contributed by atoms with van der Waals surface area (Å²) in [6, 6.07) is 5.30. The first-order valence-corrected chi connectivity index (χ1v) is 11.3. The van der Waals surface area contributed by atoms with Crippen LogP contribution >= 0.6 is 11.8 Å². The fourth-order valence-electron chi connectivity index (χ4n) is 3.43. The summed E-state index contributed by atoms with van der Waals surface area (Å²) in [6.45, 7) is 9.61. The Morgan fingerprint density at radius 1 is 1.23 bits per heavy atom. The maximum Gasteiger partial charge on any atom is 0.294 e. The molecule has 0 spiro atoms. The number of piperidine rings is 1. The van der Waals surface area contributed by atoms with Gasteiger partial charge in [-0.2, -0.15) is 0 Å². The topological polar surface area (TPSA) is 76.2 Å². The van der Waals surface area contributed by atoms with Crippen LogP contribution in [0.15, 0.2) is 35.8 Å². The number of carbonyl (C=O) groups excluding carboxylic acids is 3. The van der Waals surface area contributed by atoms with Crippen LogP contribution in [0.3, 0.4) is 0 Å². The molecule has 0 saturated carbocycles. The SMILES string of the molecule is C=CCOc1ccc(/C=C2/SC(=O)N(CC(=O)N3CCC(C)CC3)C2=O)cc1OCC. The zero-order chi connectivity index (χ0) is 22.4. The lowest BCUT2D eigenvalue weighted by Gasteiger charge is -2.31. The lowest BCUT2D eigenvalue weighted by molar-refractivity contribution is -0.136. The van der Waals surface area contributed by atoms with Crippen LogP contribution in [-0.4, -0.2) is 59.7 Å². The highest BCUT2D eigenvalue weighted by atomic mass is 32.2. The second-order valence-corrected chi connectivity index (χ2v) is 8.56. The van der Waals surface area contributed by atoms with Gasteiger partial charge in [-0.25, -0.2) is 0 Å². The highest BCUT2D eigenvalue weighted by molar-refractivity contribution is 8.18. The average molecular weight is 445 g/mol. The summed E-state index contributed by atoms with van der Waals surface area (Å²) in [5.41, 5.74) is 0.705. The molecule has 1 aromatic carbocycles. The highest BCUT2D eigenvalue weighted by Gasteiger charge is 2.37. The fraction of sp³-hybridized carbons (Fsp3) is 0.435. The molecule has 2 heterocycles. The van der Waals surface area contributed by atoms with E-state index >= 15 is 0 Å². The van der Waals surface area contributed by atoms with Gasteiger partial charge in [0, 0.05) is 13.1 Å². The van der Waals surface area contributed by atoms with Crippen molar-refractivity contribution in [2.75, 3.05) is 32.8 Å². The van der Waals surface area contributed by atoms with Crippen molar-refractivity contribution in [3.8, 4) is 11.5 Å². The van der Waals surface area contributed by atoms with E-state index < -0.39 is 11.1 Å². The van der Waals surface area contributed by atoms with Crippen LogP contribution in [0.5, 0.6) is 11.5 Å². The van der Waals surface area contributed by atoms with E-state index in [1.165, 1.54) is 0 Å². The molecule has 2 saturated heterocycles. The fourth-order valence-corrected chi connectivity index (χ4v) is 4.27. The molecule has 1 aromatic rings. The predicted molar refractivity (Wildman–Crippen MR) is 121 cm³/mol. The zero-order valence-electron chi connectivity index (χ0n) is 18.0. The van der Waals surface area contributed by atoms with Crippen molar-refractivity contribution in [3.63, 3.8) is 0 Å². The average Bonchev–Trinajstić information content (AvgIpc) is 3.01. The van der Waals surface area contributed by atoms with Crippen molar-refractivity contribution >= 4 is 34.9 Å². The summed E-state index contributed by atoms with van der Waals surface area (Å²) < 4.78 is 11.2. The van der Waals surface area contributed by atoms with Crippen LogP contribution in [0, 0.1) is 5.92 Å². The summed E-state index contributed by atoms with van der Waals surface area (Å²) in [7, 11) is 0. The van der Waals surface area contributed by atoms with Crippen molar-refractivity contribution in [2.24, 2.45) is 5.92 Å². The van der Waals surface area contributed by atoms with Crippen LogP contribution in [0.25, 0.3) is 6.08 Å². The molecule has 3 amide bonds. The number of imide groups is 1. The number of rotatable bonds is 8. The monoisotopic (exact) mass is 444 g/mol. The van der Waals surface area contributed by atoms with Gasteiger partial charge in [-0.15, -0.1) is 0 Å². The van der Waals surface area contributed by atoms with E-state index in [0.717, 1.165) is 29.5 Å². The molecule has 0 atom stereocenters. The van der Waals surface area contributed by atoms with Crippen molar-refractivity contribution in [1.82, 2.24) is 9.80 Å². The number of hydrogen-bond donors (Lipinski definition) is 0. The molecule has 0 N–H and O–H groups in total. The molecule has 3 rings (SSSR count). The van der Waals surface area contributed by atoms with E-state index in [2.05, 4.69) is 13.5 Å². The quantitative estimate of drug-likeness (QED) is 0.446. The second kappa shape index (κ2) is 10.5. The van der Waals surface area contributed by atoms with Crippen LogP contribution in [-0.2, 0) is 9.59 Å². The van der Waals surface area contributed by atoms with Crippen molar-refractivity contribution in [3.05, 3.63) is 41.3 Å². The molecular formula is C23H28N2O5S. The number of amides is 3. The molecule has 0 aromatic heterocycles. The first-order chi connectivity index (χ1) is 14.9. The van der Waals surface area contributed by atoms with E-state index in [4.69, 9.17) is 9.47 Å². The third-order valence-electron chi connectivity index (χ3n) is 5.23. The zero-order valence-corrected chi connectivity index (χ0v) is 18.8. The Kier molecular flexibility index (Phi) is 7.79. The Balaban J connectivity index is 1.71. The Bertz CT molecular complexity index is 890. The van der Waals surface area contributed by atoms with Gasteiger partial charge < -0.3 is 14.4 Å². The molecular weight excluding hydrogens is 416 g/mol. The molecule has 0 bridgehead atoms. The first-order valence-electron chi connectivity index (χ1n) is 10.5. The smallest absolute Gasteiger partial charge is 0.294 e. The molecule has 0 unspecified atom stereocenters. The van der Waals surface area contributed by atoms with Crippen LogP contribution in [0.2, 0.25) is 0 Å². The number of carbonyl (C=O) groups is 3. The van der Waals surface area contributed by atoms with Gasteiger partial charge in [0.1, 0.15) is 13.2 Å². The number of thioether (sulfide) groups is 1. The van der Waals surface area contributed by atoms with Crippen molar-refractivity contribution in [2.45, 2.75) is 26.7 Å². The standard InChI is InChI=1S/C23H28N2O5S/c1-4-12-30-18-7-6-17(13-19(18)29-5-2)14-20-22(27)25(23(28)31-20)15-21(26)24-10-8-16(3)9-11-24/h4,6-7,13-14,16H,1,5,8-12,15H2,2-3H3/b20-14+. The van der Waals surface area contributed by atoms with Gasteiger partial charge in [0.05, 0.1) is 11.5 Å². The van der Waals surface area contributed by atoms with Gasteiger partial charge in [-0.1, -0.05) is 25.6 Å². The Labute approximate surface area is 187 Å². The number of nitrogens with zero attached hydrogens (tertiary/aromatic N) is 2. The summed E-state index contributed by atoms with van der Waals surface area (Å²) in [6.07, 6.45) is 5.17. The third kappa shape index (κ3) is 5.70. The van der Waals surface area contributed by atoms with E-state index in [0.29, 0.717) is 49.3 Å². The summed E-state index contributed by atoms with van der Waals surface area (Å²) in [4.78, 5) is 40.8. The first kappa shape index (κ1) is 22.9. The van der Waals surface area contributed by atoms with Crippen LogP contribution in [0.4, 0.5) is 4.79 Å². The van der Waals surface area contributed by atoms with Crippen LogP contribution < -0.4 is 9.47 Å². The minimum Gasteiger partial charge on any atom is -0.490 e. The minimum atomic E-state index is -0.446. The lowest BCUT2D eigenvalue weighted by atomic mass is 9.99. The van der Waals surface area contributed by atoms with E-state index in [1.54, 1.807) is 35.3 Å². The number of benzene rings is 1. The van der Waals surface area contributed by atoms with Crippen molar-refractivity contribution < 1.29 is 23.9 Å². The maximum absolute atomic E-state index is 12.8. The highest BCUT2D eigenvalue weighted by Crippen LogP contribution is 2.34. The second-order valence-electron chi connectivity index (χ2n) is 7.57. The van der Waals surface area contributed by atoms with Gasteiger partial charge in [-0.3, -0.25) is 19.3 Å². The Morgan fingerprint density at radius 2 is 1.97 bits per heavy atom. The van der Waals surface area contributed by atoms with E-state index in [-0.39, 0.29) is 17.4 Å². The Morgan fingerprint density at radius 3 is 2.65 bits per heavy atom. The molecule has 0 radical (unpaired) electrons. The van der Waals surface area contributed by atoms with Gasteiger partial charge >= 0.3 is 0 Å². The molecule has 2 aliphatic rings. The van der Waals surface area contributed by atoms with Crippen LogP contribution in [0.1, 0.15) is 32.3 Å². The van der Waals surface area contributed by atoms with Gasteiger partial charge in [-0.05, 0) is 61.2 Å². The number of likely N-dealkylation sites (tertiary alicyclic amines) is 1. The number of ether oxygens (including phenoxy) is 2.